The van der Waals surface area contributed by atoms with Gasteiger partial charge in [-0.05, 0) is 12.8 Å². The van der Waals surface area contributed by atoms with Crippen molar-refractivity contribution in [2.75, 3.05) is 0 Å². The van der Waals surface area contributed by atoms with Crippen LogP contribution in [0.1, 0.15) is 27.2 Å². The van der Waals surface area contributed by atoms with Crippen molar-refractivity contribution in [3.05, 3.63) is 0 Å². The number of nitrogens with one attached hydrogen (secondary N) is 1. The van der Waals surface area contributed by atoms with Gasteiger partial charge in [0.1, 0.15) is 0 Å². The molecular formula is C6H16N2. The SMILES string of the molecule is CC[C@@H](C)[C@@H](C)NN. The van der Waals surface area contributed by atoms with E-state index in [-0.39, 0.29) is 0 Å². The first-order valence-corrected chi connectivity index (χ1v) is 3.18. The Morgan fingerprint density at radius 2 is 2.00 bits per heavy atom. The number of hydrazine groups is 1. The molecule has 0 saturated carbocycles. The number of nitrogens with two attached hydrogens (primary N) is 1. The first-order chi connectivity index (χ1) is 3.72. The van der Waals surface area contributed by atoms with Crippen LogP contribution in [0.15, 0.2) is 0 Å². The van der Waals surface area contributed by atoms with Gasteiger partial charge in [0.2, 0.25) is 0 Å². The highest BCUT2D eigenvalue weighted by atomic mass is 15.2. The summed E-state index contributed by atoms with van der Waals surface area (Å²) in [6, 6.07) is 0.444. The van der Waals surface area contributed by atoms with Crippen LogP contribution in [0.5, 0.6) is 0 Å². The Balaban J connectivity index is 3.29. The molecule has 0 bridgehead atoms. The third-order valence-corrected chi connectivity index (χ3v) is 1.76. The van der Waals surface area contributed by atoms with Gasteiger partial charge >= 0.3 is 0 Å². The summed E-state index contributed by atoms with van der Waals surface area (Å²) in [6.07, 6.45) is 1.19. The van der Waals surface area contributed by atoms with E-state index >= 15 is 0 Å². The van der Waals surface area contributed by atoms with Crippen LogP contribution in [0.4, 0.5) is 0 Å². The van der Waals surface area contributed by atoms with Crippen LogP contribution in [0, 0.1) is 5.92 Å². The zero-order valence-corrected chi connectivity index (χ0v) is 5.94. The third kappa shape index (κ3) is 2.28. The Labute approximate surface area is 51.4 Å². The molecule has 0 heterocycles. The molecule has 0 unspecified atom stereocenters. The van der Waals surface area contributed by atoms with Gasteiger partial charge in [-0.2, -0.15) is 0 Å². The predicted octanol–water partition coefficient (Wildman–Crippen LogP) is 0.884. The van der Waals surface area contributed by atoms with Crippen LogP contribution in [-0.2, 0) is 0 Å². The van der Waals surface area contributed by atoms with Gasteiger partial charge in [-0.1, -0.05) is 20.3 Å². The number of rotatable bonds is 3. The molecule has 2 heteroatoms. The van der Waals surface area contributed by atoms with E-state index in [4.69, 9.17) is 5.84 Å². The molecule has 0 saturated heterocycles. The lowest BCUT2D eigenvalue weighted by molar-refractivity contribution is 0.398. The maximum absolute atomic E-state index is 5.20. The molecular weight excluding hydrogens is 100 g/mol. The molecule has 0 rings (SSSR count). The quantitative estimate of drug-likeness (QED) is 0.424. The molecule has 50 valence electrons. The first kappa shape index (κ1) is 7.92. The lowest BCUT2D eigenvalue weighted by Gasteiger charge is -2.15. The Hall–Kier alpha value is -0.0800. The molecule has 0 spiro atoms. The van der Waals surface area contributed by atoms with E-state index in [9.17, 15) is 0 Å². The Morgan fingerprint density at radius 1 is 1.50 bits per heavy atom. The minimum atomic E-state index is 0.444. The zero-order valence-electron chi connectivity index (χ0n) is 5.94. The fraction of sp³-hybridized carbons (Fsp3) is 1.00. The second kappa shape index (κ2) is 3.87. The largest absolute Gasteiger partial charge is 0.271 e. The molecule has 0 aromatic rings. The van der Waals surface area contributed by atoms with Crippen LogP contribution < -0.4 is 11.3 Å². The van der Waals surface area contributed by atoms with Crippen LogP contribution >= 0.6 is 0 Å². The van der Waals surface area contributed by atoms with Crippen molar-refractivity contribution in [3.8, 4) is 0 Å². The number of hydrogen-bond acceptors (Lipinski definition) is 2. The molecule has 0 aliphatic carbocycles. The van der Waals surface area contributed by atoms with Crippen LogP contribution in [0.2, 0.25) is 0 Å². The summed E-state index contributed by atoms with van der Waals surface area (Å²) in [6.45, 7) is 6.44. The molecule has 8 heavy (non-hydrogen) atoms. The highest BCUT2D eigenvalue weighted by Gasteiger charge is 2.05. The highest BCUT2D eigenvalue weighted by molar-refractivity contribution is 4.62. The van der Waals surface area contributed by atoms with E-state index in [2.05, 4.69) is 26.2 Å². The fourth-order valence-electron chi connectivity index (χ4n) is 0.518. The molecule has 0 radical (unpaired) electrons. The van der Waals surface area contributed by atoms with Gasteiger partial charge in [0.15, 0.2) is 0 Å². The molecule has 0 aliphatic heterocycles. The van der Waals surface area contributed by atoms with E-state index in [0.29, 0.717) is 12.0 Å². The Bertz CT molecular complexity index is 46.5. The van der Waals surface area contributed by atoms with Crippen molar-refractivity contribution in [3.63, 3.8) is 0 Å². The Kier molecular flexibility index (Phi) is 3.83. The van der Waals surface area contributed by atoms with Gasteiger partial charge in [0.25, 0.3) is 0 Å². The van der Waals surface area contributed by atoms with E-state index in [1.165, 1.54) is 6.42 Å². The molecule has 0 aliphatic rings. The topological polar surface area (TPSA) is 38.0 Å². The summed E-state index contributed by atoms with van der Waals surface area (Å²) in [5.74, 6) is 5.88. The summed E-state index contributed by atoms with van der Waals surface area (Å²) >= 11 is 0. The van der Waals surface area contributed by atoms with Crippen LogP contribution in [-0.4, -0.2) is 6.04 Å². The average Bonchev–Trinajstić information content (AvgIpc) is 1.84. The third-order valence-electron chi connectivity index (χ3n) is 1.76. The predicted molar refractivity (Wildman–Crippen MR) is 36.2 cm³/mol. The summed E-state index contributed by atoms with van der Waals surface area (Å²) in [4.78, 5) is 0. The first-order valence-electron chi connectivity index (χ1n) is 3.18. The average molecular weight is 116 g/mol. The van der Waals surface area contributed by atoms with Gasteiger partial charge in [-0.3, -0.25) is 11.3 Å². The standard InChI is InChI=1S/C6H16N2/c1-4-5(2)6(3)8-7/h5-6,8H,4,7H2,1-3H3/t5-,6-/m1/s1. The summed E-state index contributed by atoms with van der Waals surface area (Å²) in [5.41, 5.74) is 2.72. The Morgan fingerprint density at radius 3 is 2.12 bits per heavy atom. The van der Waals surface area contributed by atoms with Crippen molar-refractivity contribution >= 4 is 0 Å². The van der Waals surface area contributed by atoms with Gasteiger partial charge in [-0.15, -0.1) is 0 Å². The minimum Gasteiger partial charge on any atom is -0.271 e. The monoisotopic (exact) mass is 116 g/mol. The van der Waals surface area contributed by atoms with Crippen molar-refractivity contribution in [1.82, 2.24) is 5.43 Å². The summed E-state index contributed by atoms with van der Waals surface area (Å²) in [7, 11) is 0. The molecule has 2 atom stereocenters. The maximum Gasteiger partial charge on any atom is 0.0207 e. The van der Waals surface area contributed by atoms with Crippen LogP contribution in [0.25, 0.3) is 0 Å². The van der Waals surface area contributed by atoms with Crippen molar-refractivity contribution in [1.29, 1.82) is 0 Å². The lowest BCUT2D eigenvalue weighted by Crippen LogP contribution is -2.37. The summed E-state index contributed by atoms with van der Waals surface area (Å²) < 4.78 is 0. The van der Waals surface area contributed by atoms with E-state index in [0.717, 1.165) is 0 Å². The lowest BCUT2D eigenvalue weighted by atomic mass is 10.0. The van der Waals surface area contributed by atoms with Crippen molar-refractivity contribution in [2.24, 2.45) is 11.8 Å². The second-order valence-corrected chi connectivity index (χ2v) is 2.34. The van der Waals surface area contributed by atoms with Gasteiger partial charge in [0.05, 0.1) is 0 Å². The summed E-state index contributed by atoms with van der Waals surface area (Å²) in [5, 5.41) is 0. The number of hydrogen-bond donors (Lipinski definition) is 2. The zero-order chi connectivity index (χ0) is 6.57. The van der Waals surface area contributed by atoms with Gasteiger partial charge < -0.3 is 0 Å². The van der Waals surface area contributed by atoms with Gasteiger partial charge in [0, 0.05) is 6.04 Å². The molecule has 0 fully saturated rings. The minimum absolute atomic E-state index is 0.444. The smallest absolute Gasteiger partial charge is 0.0207 e. The maximum atomic E-state index is 5.20. The molecule has 0 aromatic carbocycles. The highest BCUT2D eigenvalue weighted by Crippen LogP contribution is 2.04. The molecule has 3 N–H and O–H groups in total. The van der Waals surface area contributed by atoms with Crippen molar-refractivity contribution in [2.45, 2.75) is 33.2 Å². The normalized spacial score (nSPS) is 18.0. The molecule has 0 aromatic heterocycles. The fourth-order valence-corrected chi connectivity index (χ4v) is 0.518. The van der Waals surface area contributed by atoms with Crippen LogP contribution in [0.3, 0.4) is 0 Å². The van der Waals surface area contributed by atoms with E-state index in [1.54, 1.807) is 0 Å². The molecule has 2 nitrogen and oxygen atoms in total. The van der Waals surface area contributed by atoms with E-state index in [1.807, 2.05) is 0 Å². The second-order valence-electron chi connectivity index (χ2n) is 2.34. The molecule has 0 amide bonds. The van der Waals surface area contributed by atoms with E-state index < -0.39 is 0 Å². The van der Waals surface area contributed by atoms with Crippen molar-refractivity contribution < 1.29 is 0 Å². The van der Waals surface area contributed by atoms with Gasteiger partial charge in [-0.25, -0.2) is 0 Å².